The Morgan fingerprint density at radius 1 is 1.00 bits per heavy atom. The molecule has 6 nitrogen and oxygen atoms in total. The molecule has 3 rings (SSSR count). The van der Waals surface area contributed by atoms with Gasteiger partial charge in [-0.15, -0.1) is 12.4 Å². The highest BCUT2D eigenvalue weighted by Gasteiger charge is 2.25. The van der Waals surface area contributed by atoms with Crippen LogP contribution in [0.3, 0.4) is 0 Å². The zero-order valence-corrected chi connectivity index (χ0v) is 16.6. The van der Waals surface area contributed by atoms with Crippen molar-refractivity contribution in [2.24, 2.45) is 5.92 Å². The Kier molecular flexibility index (Phi) is 9.16. The van der Waals surface area contributed by atoms with Gasteiger partial charge in [-0.2, -0.15) is 0 Å². The van der Waals surface area contributed by atoms with Crippen LogP contribution < -0.4 is 16.0 Å². The standard InChI is InChI=1S/C19H34N4O2.ClH/c24-18(22-16-7-2-1-3-8-16)14-23-11-5-6-15(13-23)12-21-19(25)17-9-4-10-20-17;/h15-17,20H,1-14H2,(H,21,25)(H,22,24);1H. The molecule has 0 radical (unpaired) electrons. The van der Waals surface area contributed by atoms with E-state index in [1.807, 2.05) is 0 Å². The van der Waals surface area contributed by atoms with Crippen molar-refractivity contribution in [3.8, 4) is 0 Å². The van der Waals surface area contributed by atoms with Crippen molar-refractivity contribution < 1.29 is 9.59 Å². The highest BCUT2D eigenvalue weighted by molar-refractivity contribution is 5.85. The number of hydrogen-bond acceptors (Lipinski definition) is 4. The topological polar surface area (TPSA) is 73.5 Å². The normalized spacial score (nSPS) is 27.5. The molecule has 3 N–H and O–H groups in total. The summed E-state index contributed by atoms with van der Waals surface area (Å²) in [6.07, 6.45) is 10.3. The molecule has 3 aliphatic rings. The second-order valence-corrected chi connectivity index (χ2v) is 8.04. The minimum atomic E-state index is 0. The van der Waals surface area contributed by atoms with Crippen LogP contribution in [0.2, 0.25) is 0 Å². The Balaban J connectivity index is 0.00000243. The van der Waals surface area contributed by atoms with E-state index in [9.17, 15) is 9.59 Å². The molecule has 0 aromatic rings. The summed E-state index contributed by atoms with van der Waals surface area (Å²) in [7, 11) is 0. The molecule has 0 bridgehead atoms. The predicted octanol–water partition coefficient (Wildman–Crippen LogP) is 1.44. The van der Waals surface area contributed by atoms with E-state index in [2.05, 4.69) is 20.9 Å². The smallest absolute Gasteiger partial charge is 0.237 e. The third-order valence-electron chi connectivity index (χ3n) is 5.88. The van der Waals surface area contributed by atoms with E-state index in [1.165, 1.54) is 19.3 Å². The summed E-state index contributed by atoms with van der Waals surface area (Å²) in [4.78, 5) is 26.7. The number of piperidine rings is 1. The molecule has 3 fully saturated rings. The Morgan fingerprint density at radius 3 is 2.54 bits per heavy atom. The first kappa shape index (κ1) is 21.5. The molecule has 0 aromatic carbocycles. The van der Waals surface area contributed by atoms with Gasteiger partial charge in [0.1, 0.15) is 0 Å². The first-order chi connectivity index (χ1) is 12.2. The van der Waals surface area contributed by atoms with E-state index in [0.29, 0.717) is 18.5 Å². The number of halogens is 1. The van der Waals surface area contributed by atoms with Crippen molar-refractivity contribution in [1.82, 2.24) is 20.9 Å². The van der Waals surface area contributed by atoms with Gasteiger partial charge >= 0.3 is 0 Å². The van der Waals surface area contributed by atoms with Gasteiger partial charge in [0.25, 0.3) is 0 Å². The molecule has 2 amide bonds. The monoisotopic (exact) mass is 386 g/mol. The number of hydrogen-bond donors (Lipinski definition) is 3. The van der Waals surface area contributed by atoms with Crippen LogP contribution in [0.5, 0.6) is 0 Å². The number of likely N-dealkylation sites (tertiary alicyclic amines) is 1. The fourth-order valence-corrected chi connectivity index (χ4v) is 4.46. The first-order valence-electron chi connectivity index (χ1n) is 10.2. The Hall–Kier alpha value is -0.850. The van der Waals surface area contributed by atoms with Crippen molar-refractivity contribution in [2.75, 3.05) is 32.7 Å². The zero-order chi connectivity index (χ0) is 17.5. The molecule has 1 saturated carbocycles. The van der Waals surface area contributed by atoms with Crippen LogP contribution in [-0.2, 0) is 9.59 Å². The lowest BCUT2D eigenvalue weighted by atomic mass is 9.95. The average molecular weight is 387 g/mol. The van der Waals surface area contributed by atoms with Crippen LogP contribution in [0.15, 0.2) is 0 Å². The third-order valence-corrected chi connectivity index (χ3v) is 5.88. The van der Waals surface area contributed by atoms with Gasteiger partial charge in [0.15, 0.2) is 0 Å². The fraction of sp³-hybridized carbons (Fsp3) is 0.895. The number of carbonyl (C=O) groups excluding carboxylic acids is 2. The number of nitrogens with zero attached hydrogens (tertiary/aromatic N) is 1. The molecule has 1 aliphatic carbocycles. The largest absolute Gasteiger partial charge is 0.354 e. The lowest BCUT2D eigenvalue weighted by Crippen LogP contribution is -2.48. The summed E-state index contributed by atoms with van der Waals surface area (Å²) >= 11 is 0. The Morgan fingerprint density at radius 2 is 1.81 bits per heavy atom. The van der Waals surface area contributed by atoms with Gasteiger partial charge in [-0.1, -0.05) is 19.3 Å². The quantitative estimate of drug-likeness (QED) is 0.645. The van der Waals surface area contributed by atoms with Gasteiger partial charge in [0.2, 0.25) is 11.8 Å². The van der Waals surface area contributed by atoms with Crippen LogP contribution in [0.4, 0.5) is 0 Å². The molecule has 2 saturated heterocycles. The molecule has 150 valence electrons. The summed E-state index contributed by atoms with van der Waals surface area (Å²) in [5, 5.41) is 9.56. The SMILES string of the molecule is Cl.O=C(CN1CCCC(CNC(=O)C2CCCN2)C1)NC1CCCCC1. The first-order valence-corrected chi connectivity index (χ1v) is 10.2. The maximum Gasteiger partial charge on any atom is 0.237 e. The van der Waals surface area contributed by atoms with E-state index in [-0.39, 0.29) is 30.3 Å². The highest BCUT2D eigenvalue weighted by Crippen LogP contribution is 2.18. The molecule has 7 heteroatoms. The van der Waals surface area contributed by atoms with Crippen LogP contribution >= 0.6 is 12.4 Å². The third kappa shape index (κ3) is 6.71. The van der Waals surface area contributed by atoms with Gasteiger partial charge in [-0.05, 0) is 57.5 Å². The average Bonchev–Trinajstić information content (AvgIpc) is 3.15. The van der Waals surface area contributed by atoms with Crippen LogP contribution in [0, 0.1) is 5.92 Å². The van der Waals surface area contributed by atoms with E-state index in [4.69, 9.17) is 0 Å². The van der Waals surface area contributed by atoms with E-state index >= 15 is 0 Å². The summed E-state index contributed by atoms with van der Waals surface area (Å²) < 4.78 is 0. The molecule has 0 spiro atoms. The van der Waals surface area contributed by atoms with E-state index < -0.39 is 0 Å². The van der Waals surface area contributed by atoms with Crippen LogP contribution in [0.1, 0.15) is 57.8 Å². The second-order valence-electron chi connectivity index (χ2n) is 8.04. The molecule has 2 atom stereocenters. The fourth-order valence-electron chi connectivity index (χ4n) is 4.46. The molecule has 0 aromatic heterocycles. The van der Waals surface area contributed by atoms with Gasteiger partial charge in [0, 0.05) is 19.1 Å². The summed E-state index contributed by atoms with van der Waals surface area (Å²) in [6, 6.07) is 0.390. The molecule has 2 heterocycles. The van der Waals surface area contributed by atoms with Gasteiger partial charge in [-0.25, -0.2) is 0 Å². The van der Waals surface area contributed by atoms with Crippen LogP contribution in [-0.4, -0.2) is 61.5 Å². The van der Waals surface area contributed by atoms with Crippen molar-refractivity contribution in [3.63, 3.8) is 0 Å². The van der Waals surface area contributed by atoms with Crippen molar-refractivity contribution in [3.05, 3.63) is 0 Å². The minimum Gasteiger partial charge on any atom is -0.354 e. The summed E-state index contributed by atoms with van der Waals surface area (Å²) in [5.74, 6) is 0.776. The number of rotatable bonds is 6. The summed E-state index contributed by atoms with van der Waals surface area (Å²) in [6.45, 7) is 4.09. The van der Waals surface area contributed by atoms with E-state index in [0.717, 1.165) is 64.7 Å². The Bertz CT molecular complexity index is 451. The van der Waals surface area contributed by atoms with Crippen LogP contribution in [0.25, 0.3) is 0 Å². The zero-order valence-electron chi connectivity index (χ0n) is 15.8. The number of amides is 2. The number of nitrogens with one attached hydrogen (secondary N) is 3. The van der Waals surface area contributed by atoms with Crippen molar-refractivity contribution >= 4 is 24.2 Å². The lowest BCUT2D eigenvalue weighted by Gasteiger charge is -2.33. The summed E-state index contributed by atoms with van der Waals surface area (Å²) in [5.41, 5.74) is 0. The maximum absolute atomic E-state index is 12.3. The molecular formula is C19H35ClN4O2. The highest BCUT2D eigenvalue weighted by atomic mass is 35.5. The van der Waals surface area contributed by atoms with E-state index in [1.54, 1.807) is 0 Å². The predicted molar refractivity (Wildman–Crippen MR) is 105 cm³/mol. The van der Waals surface area contributed by atoms with Gasteiger partial charge < -0.3 is 16.0 Å². The van der Waals surface area contributed by atoms with Gasteiger partial charge in [-0.3, -0.25) is 14.5 Å². The van der Waals surface area contributed by atoms with Crippen molar-refractivity contribution in [1.29, 1.82) is 0 Å². The molecule has 2 unspecified atom stereocenters. The maximum atomic E-state index is 12.3. The van der Waals surface area contributed by atoms with Gasteiger partial charge in [0.05, 0.1) is 12.6 Å². The molecule has 26 heavy (non-hydrogen) atoms. The molecular weight excluding hydrogens is 352 g/mol. The van der Waals surface area contributed by atoms with Crippen molar-refractivity contribution in [2.45, 2.75) is 69.9 Å². The Labute approximate surface area is 163 Å². The minimum absolute atomic E-state index is 0. The number of carbonyl (C=O) groups is 2. The second kappa shape index (κ2) is 11.1. The lowest BCUT2D eigenvalue weighted by molar-refractivity contribution is -0.124. The molecule has 2 aliphatic heterocycles.